The molecule has 2 aromatic rings. The molecule has 2 rings (SSSR count). The molecule has 0 fully saturated rings. The van der Waals surface area contributed by atoms with Gasteiger partial charge in [0.25, 0.3) is 0 Å². The van der Waals surface area contributed by atoms with E-state index in [0.717, 1.165) is 5.56 Å². The molecule has 37 heavy (non-hydrogen) atoms. The van der Waals surface area contributed by atoms with Crippen LogP contribution in [0.15, 0.2) is 42.9 Å². The fourth-order valence-corrected chi connectivity index (χ4v) is 3.49. The molecule has 1 heterocycles. The van der Waals surface area contributed by atoms with E-state index in [2.05, 4.69) is 25.9 Å². The van der Waals surface area contributed by atoms with Crippen molar-refractivity contribution >= 4 is 29.7 Å². The van der Waals surface area contributed by atoms with E-state index in [1.54, 1.807) is 13.8 Å². The van der Waals surface area contributed by atoms with Gasteiger partial charge in [0.2, 0.25) is 17.7 Å². The first kappa shape index (κ1) is 29.0. The standard InChI is InChI=1S/C24H32N6O7/c1-13(2)20(23(35)29-18(24(36)37)10-19(31)32)30-22(34)17(9-15-11-26-12-27-15)28-21(33)16(25)8-14-6-4-3-5-7-14/h3-7,11-13,16-18,20H,8-10,25H2,1-2H3,(H,26,27)(H,28,33)(H,29,35)(H,30,34)(H,31,32)(H,36,37). The molecule has 0 saturated carbocycles. The highest BCUT2D eigenvalue weighted by atomic mass is 16.4. The van der Waals surface area contributed by atoms with E-state index in [1.165, 1.54) is 12.5 Å². The fraction of sp³-hybridized carbons (Fsp3) is 0.417. The van der Waals surface area contributed by atoms with Crippen LogP contribution in [0, 0.1) is 5.92 Å². The highest BCUT2D eigenvalue weighted by Gasteiger charge is 2.32. The number of imidazole rings is 1. The molecule has 1 aromatic carbocycles. The Bertz CT molecular complexity index is 1070. The van der Waals surface area contributed by atoms with Gasteiger partial charge in [-0.3, -0.25) is 19.2 Å². The van der Waals surface area contributed by atoms with Crippen LogP contribution in [-0.2, 0) is 36.8 Å². The minimum Gasteiger partial charge on any atom is -0.481 e. The number of nitrogens with one attached hydrogen (secondary N) is 4. The molecule has 13 heteroatoms. The SMILES string of the molecule is CC(C)C(NC(=O)C(Cc1cnc[nH]1)NC(=O)C(N)Cc1ccccc1)C(=O)NC(CC(=O)O)C(=O)O. The summed E-state index contributed by atoms with van der Waals surface area (Å²) >= 11 is 0. The van der Waals surface area contributed by atoms with Gasteiger partial charge in [-0.1, -0.05) is 44.2 Å². The Labute approximate surface area is 213 Å². The Morgan fingerprint density at radius 3 is 2.11 bits per heavy atom. The quantitative estimate of drug-likeness (QED) is 0.167. The molecule has 0 aliphatic rings. The summed E-state index contributed by atoms with van der Waals surface area (Å²) in [6, 6.07) is 4.14. The Balaban J connectivity index is 2.15. The first-order valence-electron chi connectivity index (χ1n) is 11.6. The number of nitrogens with two attached hydrogens (primary N) is 1. The second-order valence-electron chi connectivity index (χ2n) is 8.87. The zero-order valence-corrected chi connectivity index (χ0v) is 20.5. The van der Waals surface area contributed by atoms with Crippen LogP contribution in [0.25, 0.3) is 0 Å². The van der Waals surface area contributed by atoms with Gasteiger partial charge in [0.1, 0.15) is 18.1 Å². The monoisotopic (exact) mass is 516 g/mol. The summed E-state index contributed by atoms with van der Waals surface area (Å²) in [5.74, 6) is -5.60. The maximum Gasteiger partial charge on any atom is 0.326 e. The highest BCUT2D eigenvalue weighted by molar-refractivity contribution is 5.94. The van der Waals surface area contributed by atoms with Gasteiger partial charge in [0.15, 0.2) is 0 Å². The lowest BCUT2D eigenvalue weighted by Crippen LogP contribution is -2.59. The van der Waals surface area contributed by atoms with Gasteiger partial charge < -0.3 is 36.9 Å². The van der Waals surface area contributed by atoms with Gasteiger partial charge in [0, 0.05) is 18.3 Å². The summed E-state index contributed by atoms with van der Waals surface area (Å²) in [6.45, 7) is 3.24. The summed E-state index contributed by atoms with van der Waals surface area (Å²) in [6.07, 6.45) is 2.30. The van der Waals surface area contributed by atoms with E-state index in [9.17, 15) is 29.1 Å². The number of H-pyrrole nitrogens is 1. The second kappa shape index (κ2) is 13.7. The zero-order valence-electron chi connectivity index (χ0n) is 20.5. The van der Waals surface area contributed by atoms with E-state index < -0.39 is 66.2 Å². The lowest BCUT2D eigenvalue weighted by molar-refractivity contribution is -0.147. The molecule has 0 saturated heterocycles. The van der Waals surface area contributed by atoms with Crippen molar-refractivity contribution in [3.8, 4) is 0 Å². The van der Waals surface area contributed by atoms with Crippen molar-refractivity contribution in [3.05, 3.63) is 54.1 Å². The molecule has 8 N–H and O–H groups in total. The average Bonchev–Trinajstić information content (AvgIpc) is 3.34. The van der Waals surface area contributed by atoms with Crippen LogP contribution < -0.4 is 21.7 Å². The Kier molecular flexibility index (Phi) is 10.8. The number of aliphatic carboxylic acids is 2. The van der Waals surface area contributed by atoms with Gasteiger partial charge in [0.05, 0.1) is 18.8 Å². The molecular formula is C24H32N6O7. The lowest BCUT2D eigenvalue weighted by atomic mass is 10.0. The van der Waals surface area contributed by atoms with Crippen molar-refractivity contribution in [2.24, 2.45) is 11.7 Å². The molecule has 4 atom stereocenters. The number of carbonyl (C=O) groups is 5. The minimum atomic E-state index is -1.68. The van der Waals surface area contributed by atoms with Crippen LogP contribution in [0.2, 0.25) is 0 Å². The van der Waals surface area contributed by atoms with Crippen LogP contribution in [0.5, 0.6) is 0 Å². The van der Waals surface area contributed by atoms with Crippen molar-refractivity contribution in [1.29, 1.82) is 0 Å². The normalized spacial score (nSPS) is 14.2. The minimum absolute atomic E-state index is 0.0127. The van der Waals surface area contributed by atoms with Crippen molar-refractivity contribution in [1.82, 2.24) is 25.9 Å². The molecule has 0 spiro atoms. The number of carboxylic acids is 2. The number of carbonyl (C=O) groups excluding carboxylic acids is 3. The van der Waals surface area contributed by atoms with Crippen LogP contribution in [0.3, 0.4) is 0 Å². The largest absolute Gasteiger partial charge is 0.481 e. The zero-order chi connectivity index (χ0) is 27.5. The summed E-state index contributed by atoms with van der Waals surface area (Å²) in [7, 11) is 0. The maximum atomic E-state index is 13.2. The number of benzene rings is 1. The van der Waals surface area contributed by atoms with Gasteiger partial charge in [-0.15, -0.1) is 0 Å². The maximum absolute atomic E-state index is 13.2. The predicted molar refractivity (Wildman–Crippen MR) is 131 cm³/mol. The molecular weight excluding hydrogens is 484 g/mol. The van der Waals surface area contributed by atoms with Crippen molar-refractivity contribution in [3.63, 3.8) is 0 Å². The topological polar surface area (TPSA) is 217 Å². The molecule has 1 aromatic heterocycles. The molecule has 0 aliphatic heterocycles. The average molecular weight is 517 g/mol. The third kappa shape index (κ3) is 9.37. The third-order valence-electron chi connectivity index (χ3n) is 5.49. The predicted octanol–water partition coefficient (Wildman–Crippen LogP) is -0.808. The summed E-state index contributed by atoms with van der Waals surface area (Å²) in [4.78, 5) is 67.9. The molecule has 0 radical (unpaired) electrons. The first-order chi connectivity index (χ1) is 17.5. The molecule has 0 aliphatic carbocycles. The Morgan fingerprint density at radius 1 is 0.919 bits per heavy atom. The van der Waals surface area contributed by atoms with Crippen molar-refractivity contribution in [2.45, 2.75) is 57.3 Å². The molecule has 13 nitrogen and oxygen atoms in total. The Morgan fingerprint density at radius 2 is 1.57 bits per heavy atom. The van der Waals surface area contributed by atoms with E-state index in [1.807, 2.05) is 30.3 Å². The number of carboxylic acid groups (broad SMARTS) is 2. The number of hydrogen-bond acceptors (Lipinski definition) is 7. The third-order valence-corrected chi connectivity index (χ3v) is 5.49. The van der Waals surface area contributed by atoms with Gasteiger partial charge in [-0.2, -0.15) is 0 Å². The summed E-state index contributed by atoms with van der Waals surface area (Å²) < 4.78 is 0. The molecule has 4 unspecified atom stereocenters. The number of nitrogens with zero attached hydrogens (tertiary/aromatic N) is 1. The van der Waals surface area contributed by atoms with Gasteiger partial charge in [-0.05, 0) is 17.9 Å². The number of amides is 3. The Hall–Kier alpha value is -4.26. The van der Waals surface area contributed by atoms with Crippen LogP contribution >= 0.6 is 0 Å². The summed E-state index contributed by atoms with van der Waals surface area (Å²) in [5.41, 5.74) is 7.44. The molecule has 200 valence electrons. The highest BCUT2D eigenvalue weighted by Crippen LogP contribution is 2.08. The molecule has 3 amide bonds. The van der Waals surface area contributed by atoms with Crippen LogP contribution in [0.1, 0.15) is 31.5 Å². The number of hydrogen-bond donors (Lipinski definition) is 7. The fourth-order valence-electron chi connectivity index (χ4n) is 3.49. The summed E-state index contributed by atoms with van der Waals surface area (Å²) in [5, 5.41) is 25.4. The van der Waals surface area contributed by atoms with E-state index in [-0.39, 0.29) is 12.8 Å². The van der Waals surface area contributed by atoms with Gasteiger partial charge in [-0.25, -0.2) is 9.78 Å². The van der Waals surface area contributed by atoms with E-state index >= 15 is 0 Å². The smallest absolute Gasteiger partial charge is 0.326 e. The number of aromatic amines is 1. The second-order valence-corrected chi connectivity index (χ2v) is 8.87. The van der Waals surface area contributed by atoms with Crippen LogP contribution in [0.4, 0.5) is 0 Å². The van der Waals surface area contributed by atoms with E-state index in [4.69, 9.17) is 10.8 Å². The lowest BCUT2D eigenvalue weighted by Gasteiger charge is -2.26. The van der Waals surface area contributed by atoms with Crippen LogP contribution in [-0.4, -0.2) is 74.0 Å². The number of aromatic nitrogens is 2. The van der Waals surface area contributed by atoms with Crippen molar-refractivity contribution in [2.75, 3.05) is 0 Å². The first-order valence-corrected chi connectivity index (χ1v) is 11.6. The number of rotatable bonds is 14. The van der Waals surface area contributed by atoms with Gasteiger partial charge >= 0.3 is 11.9 Å². The van der Waals surface area contributed by atoms with E-state index in [0.29, 0.717) is 5.69 Å². The molecule has 0 bridgehead atoms. The van der Waals surface area contributed by atoms with Crippen molar-refractivity contribution < 1.29 is 34.2 Å².